The summed E-state index contributed by atoms with van der Waals surface area (Å²) in [7, 11) is 3.47. The minimum atomic E-state index is 0.0194. The van der Waals surface area contributed by atoms with Gasteiger partial charge in [-0.25, -0.2) is 4.99 Å². The SMILES string of the molecule is CCNC(=NCc1ccc(C)cc1)NCC(=O)N(C)C. The van der Waals surface area contributed by atoms with Gasteiger partial charge in [-0.3, -0.25) is 4.79 Å². The molecule has 0 aliphatic heterocycles. The Morgan fingerprint density at radius 1 is 1.20 bits per heavy atom. The van der Waals surface area contributed by atoms with Gasteiger partial charge in [0.05, 0.1) is 13.1 Å². The highest BCUT2D eigenvalue weighted by Gasteiger charge is 2.05. The van der Waals surface area contributed by atoms with E-state index in [-0.39, 0.29) is 12.5 Å². The second-order valence-corrected chi connectivity index (χ2v) is 4.82. The van der Waals surface area contributed by atoms with Crippen molar-refractivity contribution in [1.82, 2.24) is 15.5 Å². The highest BCUT2D eigenvalue weighted by atomic mass is 16.2. The number of amides is 1. The first-order valence-corrected chi connectivity index (χ1v) is 6.80. The van der Waals surface area contributed by atoms with Gasteiger partial charge >= 0.3 is 0 Å². The summed E-state index contributed by atoms with van der Waals surface area (Å²) in [5.41, 5.74) is 2.38. The monoisotopic (exact) mass is 276 g/mol. The Balaban J connectivity index is 2.58. The number of aliphatic imine (C=N–C) groups is 1. The summed E-state index contributed by atoms with van der Waals surface area (Å²) in [5, 5.41) is 6.16. The van der Waals surface area contributed by atoms with Gasteiger partial charge in [0.2, 0.25) is 5.91 Å². The maximum atomic E-state index is 11.5. The van der Waals surface area contributed by atoms with E-state index in [1.165, 1.54) is 5.56 Å². The van der Waals surface area contributed by atoms with Gasteiger partial charge < -0.3 is 15.5 Å². The summed E-state index contributed by atoms with van der Waals surface area (Å²) < 4.78 is 0. The summed E-state index contributed by atoms with van der Waals surface area (Å²) in [6.07, 6.45) is 0. The van der Waals surface area contributed by atoms with Crippen LogP contribution in [-0.2, 0) is 11.3 Å². The van der Waals surface area contributed by atoms with Crippen LogP contribution in [0.2, 0.25) is 0 Å². The smallest absolute Gasteiger partial charge is 0.241 e. The third kappa shape index (κ3) is 5.73. The number of carbonyl (C=O) groups is 1. The molecule has 0 saturated heterocycles. The molecule has 0 aliphatic rings. The van der Waals surface area contributed by atoms with Crippen molar-refractivity contribution in [3.05, 3.63) is 35.4 Å². The third-order valence-electron chi connectivity index (χ3n) is 2.79. The van der Waals surface area contributed by atoms with Gasteiger partial charge in [-0.05, 0) is 19.4 Å². The summed E-state index contributed by atoms with van der Waals surface area (Å²) in [6, 6.07) is 8.27. The third-order valence-corrected chi connectivity index (χ3v) is 2.79. The number of hydrogen-bond donors (Lipinski definition) is 2. The molecule has 1 aromatic rings. The summed E-state index contributed by atoms with van der Waals surface area (Å²) in [6.45, 7) is 5.65. The first-order chi connectivity index (χ1) is 9.52. The zero-order chi connectivity index (χ0) is 15.0. The number of likely N-dealkylation sites (N-methyl/N-ethyl adjacent to an activating group) is 1. The van der Waals surface area contributed by atoms with Crippen LogP contribution < -0.4 is 10.6 Å². The van der Waals surface area contributed by atoms with E-state index in [4.69, 9.17) is 0 Å². The number of guanidine groups is 1. The highest BCUT2D eigenvalue weighted by Crippen LogP contribution is 2.04. The van der Waals surface area contributed by atoms with Crippen LogP contribution in [0, 0.1) is 6.92 Å². The molecule has 0 fully saturated rings. The number of hydrogen-bond acceptors (Lipinski definition) is 2. The van der Waals surface area contributed by atoms with Gasteiger partial charge in [-0.2, -0.15) is 0 Å². The number of nitrogens with one attached hydrogen (secondary N) is 2. The van der Waals surface area contributed by atoms with Crippen LogP contribution in [0.15, 0.2) is 29.3 Å². The van der Waals surface area contributed by atoms with E-state index in [1.807, 2.05) is 6.92 Å². The van der Waals surface area contributed by atoms with E-state index in [2.05, 4.69) is 46.8 Å². The average Bonchev–Trinajstić information content (AvgIpc) is 2.43. The van der Waals surface area contributed by atoms with E-state index in [1.54, 1.807) is 19.0 Å². The van der Waals surface area contributed by atoms with E-state index in [9.17, 15) is 4.79 Å². The maximum Gasteiger partial charge on any atom is 0.241 e. The van der Waals surface area contributed by atoms with Gasteiger partial charge in [0, 0.05) is 20.6 Å². The maximum absolute atomic E-state index is 11.5. The molecule has 1 amide bonds. The Kier molecular flexibility index (Phi) is 6.56. The molecule has 20 heavy (non-hydrogen) atoms. The van der Waals surface area contributed by atoms with Crippen molar-refractivity contribution in [2.75, 3.05) is 27.2 Å². The predicted octanol–water partition coefficient (Wildman–Crippen LogP) is 1.14. The van der Waals surface area contributed by atoms with Crippen molar-refractivity contribution < 1.29 is 4.79 Å². The molecular formula is C15H24N4O. The zero-order valence-electron chi connectivity index (χ0n) is 12.7. The largest absolute Gasteiger partial charge is 0.357 e. The minimum absolute atomic E-state index is 0.0194. The Morgan fingerprint density at radius 3 is 2.40 bits per heavy atom. The van der Waals surface area contributed by atoms with Gasteiger partial charge in [-0.1, -0.05) is 29.8 Å². The lowest BCUT2D eigenvalue weighted by atomic mass is 10.1. The fraction of sp³-hybridized carbons (Fsp3) is 0.467. The van der Waals surface area contributed by atoms with Crippen molar-refractivity contribution in [2.24, 2.45) is 4.99 Å². The van der Waals surface area contributed by atoms with Crippen molar-refractivity contribution in [2.45, 2.75) is 20.4 Å². The van der Waals surface area contributed by atoms with Crippen molar-refractivity contribution in [3.63, 3.8) is 0 Å². The second kappa shape index (κ2) is 8.19. The Bertz CT molecular complexity index is 451. The fourth-order valence-electron chi connectivity index (χ4n) is 1.52. The molecule has 2 N–H and O–H groups in total. The fourth-order valence-corrected chi connectivity index (χ4v) is 1.52. The zero-order valence-corrected chi connectivity index (χ0v) is 12.7. The lowest BCUT2D eigenvalue weighted by Gasteiger charge is -2.14. The molecule has 5 nitrogen and oxygen atoms in total. The molecule has 0 aromatic heterocycles. The molecule has 0 unspecified atom stereocenters. The molecule has 0 aliphatic carbocycles. The van der Waals surface area contributed by atoms with Gasteiger partial charge in [-0.15, -0.1) is 0 Å². The summed E-state index contributed by atoms with van der Waals surface area (Å²) in [5.74, 6) is 0.675. The highest BCUT2D eigenvalue weighted by molar-refractivity contribution is 5.86. The van der Waals surface area contributed by atoms with Crippen LogP contribution in [0.1, 0.15) is 18.1 Å². The van der Waals surface area contributed by atoms with Crippen LogP contribution in [-0.4, -0.2) is 44.0 Å². The number of nitrogens with zero attached hydrogens (tertiary/aromatic N) is 2. The standard InChI is InChI=1S/C15H24N4O/c1-5-16-15(18-11-14(20)19(3)4)17-10-13-8-6-12(2)7-9-13/h6-9H,5,10-11H2,1-4H3,(H2,16,17,18). The molecule has 1 rings (SSSR count). The van der Waals surface area contributed by atoms with Crippen molar-refractivity contribution in [3.8, 4) is 0 Å². The molecule has 5 heteroatoms. The normalized spacial score (nSPS) is 11.1. The molecule has 1 aromatic carbocycles. The number of rotatable bonds is 5. The first-order valence-electron chi connectivity index (χ1n) is 6.80. The first kappa shape index (κ1) is 16.0. The van der Waals surface area contributed by atoms with Crippen LogP contribution in [0.5, 0.6) is 0 Å². The predicted molar refractivity (Wildman–Crippen MR) is 82.7 cm³/mol. The van der Waals surface area contributed by atoms with Crippen LogP contribution in [0.25, 0.3) is 0 Å². The average molecular weight is 276 g/mol. The topological polar surface area (TPSA) is 56.7 Å². The molecule has 0 atom stereocenters. The van der Waals surface area contributed by atoms with Crippen molar-refractivity contribution >= 4 is 11.9 Å². The molecule has 0 saturated carbocycles. The molecule has 0 bridgehead atoms. The number of aryl methyl sites for hydroxylation is 1. The van der Waals surface area contributed by atoms with Gasteiger partial charge in [0.1, 0.15) is 0 Å². The van der Waals surface area contributed by atoms with Gasteiger partial charge in [0.15, 0.2) is 5.96 Å². The van der Waals surface area contributed by atoms with E-state index >= 15 is 0 Å². The van der Waals surface area contributed by atoms with Crippen LogP contribution in [0.4, 0.5) is 0 Å². The van der Waals surface area contributed by atoms with E-state index in [0.717, 1.165) is 12.1 Å². The molecule has 0 spiro atoms. The lowest BCUT2D eigenvalue weighted by molar-refractivity contribution is -0.127. The number of benzene rings is 1. The minimum Gasteiger partial charge on any atom is -0.357 e. The Morgan fingerprint density at radius 2 is 1.85 bits per heavy atom. The molecule has 0 heterocycles. The van der Waals surface area contributed by atoms with Crippen molar-refractivity contribution in [1.29, 1.82) is 0 Å². The van der Waals surface area contributed by atoms with Crippen LogP contribution >= 0.6 is 0 Å². The van der Waals surface area contributed by atoms with E-state index in [0.29, 0.717) is 12.5 Å². The second-order valence-electron chi connectivity index (χ2n) is 4.82. The molecule has 0 radical (unpaired) electrons. The summed E-state index contributed by atoms with van der Waals surface area (Å²) >= 11 is 0. The van der Waals surface area contributed by atoms with Gasteiger partial charge in [0.25, 0.3) is 0 Å². The Labute approximate surface area is 121 Å². The lowest BCUT2D eigenvalue weighted by Crippen LogP contribution is -2.42. The van der Waals surface area contributed by atoms with E-state index < -0.39 is 0 Å². The molecular weight excluding hydrogens is 252 g/mol. The summed E-state index contributed by atoms with van der Waals surface area (Å²) in [4.78, 5) is 17.6. The number of carbonyl (C=O) groups excluding carboxylic acids is 1. The van der Waals surface area contributed by atoms with Crippen LogP contribution in [0.3, 0.4) is 0 Å². The molecule has 110 valence electrons. The Hall–Kier alpha value is -2.04. The quantitative estimate of drug-likeness (QED) is 0.626.